The van der Waals surface area contributed by atoms with Gasteiger partial charge in [-0.05, 0) is 129 Å². The molecule has 3 fully saturated rings. The minimum absolute atomic E-state index is 0.0170. The van der Waals surface area contributed by atoms with E-state index < -0.39 is 8.32 Å². The lowest BCUT2D eigenvalue weighted by Gasteiger charge is -2.59. The molecule has 10 atom stereocenters. The van der Waals surface area contributed by atoms with E-state index >= 15 is 0 Å². The highest BCUT2D eigenvalue weighted by Gasteiger charge is 2.60. The topological polar surface area (TPSA) is 54.0 Å². The summed E-state index contributed by atoms with van der Waals surface area (Å²) in [6.07, 6.45) is 13.9. The number of fused-ring (bicyclic) bond motifs is 5. The van der Waals surface area contributed by atoms with Gasteiger partial charge in [-0.25, -0.2) is 0 Å². The van der Waals surface area contributed by atoms with Crippen molar-refractivity contribution in [2.75, 3.05) is 20.5 Å². The van der Waals surface area contributed by atoms with E-state index in [4.69, 9.17) is 18.6 Å². The van der Waals surface area contributed by atoms with Crippen LogP contribution >= 0.6 is 0 Å². The Morgan fingerprint density at radius 3 is 2.36 bits per heavy atom. The van der Waals surface area contributed by atoms with Gasteiger partial charge in [0, 0.05) is 13.2 Å². The lowest BCUT2D eigenvalue weighted by atomic mass is 9.47. The van der Waals surface area contributed by atoms with Gasteiger partial charge in [-0.1, -0.05) is 67.0 Å². The molecule has 254 valence electrons. The Hall–Kier alpha value is -0.693. The molecular weight excluding hydrogens is 564 g/mol. The number of ether oxygens (including phenoxy) is 3. The second-order valence-corrected chi connectivity index (χ2v) is 22.3. The standard InChI is InChI=1S/C38H68O5Si/c1-13-41-35(39)30(25(2)3)23-34(42-24-40-10)26(4)31-16-17-32-29-15-14-27-22-28(43-44(11,12)36(5,6)7)18-20-37(27,8)33(29)19-21-38(31,32)9/h14,25-26,28-34H,13,15-24H2,1-12H3/t26?,28-,29-,30-,31+,32-,33-,34-,37-,38+/m0/s1. The summed E-state index contributed by atoms with van der Waals surface area (Å²) in [6.45, 7) is 26.4. The first-order valence-electron chi connectivity index (χ1n) is 18.1. The Morgan fingerprint density at radius 2 is 1.75 bits per heavy atom. The van der Waals surface area contributed by atoms with Gasteiger partial charge in [-0.2, -0.15) is 0 Å². The van der Waals surface area contributed by atoms with Crippen molar-refractivity contribution < 1.29 is 23.4 Å². The summed E-state index contributed by atoms with van der Waals surface area (Å²) < 4.78 is 24.3. The van der Waals surface area contributed by atoms with Gasteiger partial charge in [0.15, 0.2) is 8.32 Å². The number of carbonyl (C=O) groups excluding carboxylic acids is 1. The number of carbonyl (C=O) groups is 1. The maximum Gasteiger partial charge on any atom is 0.309 e. The summed E-state index contributed by atoms with van der Waals surface area (Å²) >= 11 is 0. The monoisotopic (exact) mass is 632 g/mol. The van der Waals surface area contributed by atoms with Crippen LogP contribution in [0.5, 0.6) is 0 Å². The van der Waals surface area contributed by atoms with Crippen molar-refractivity contribution in [1.82, 2.24) is 0 Å². The van der Waals surface area contributed by atoms with Gasteiger partial charge in [0.05, 0.1) is 18.6 Å². The molecule has 0 aromatic rings. The van der Waals surface area contributed by atoms with Crippen molar-refractivity contribution in [2.24, 2.45) is 52.3 Å². The predicted octanol–water partition coefficient (Wildman–Crippen LogP) is 9.81. The third kappa shape index (κ3) is 6.94. The van der Waals surface area contributed by atoms with Crippen LogP contribution in [-0.4, -0.2) is 47.0 Å². The molecule has 44 heavy (non-hydrogen) atoms. The normalized spacial score (nSPS) is 36.1. The average Bonchev–Trinajstić information content (AvgIpc) is 3.29. The van der Waals surface area contributed by atoms with Crippen molar-refractivity contribution in [3.05, 3.63) is 11.6 Å². The van der Waals surface area contributed by atoms with Crippen LogP contribution in [0.3, 0.4) is 0 Å². The van der Waals surface area contributed by atoms with E-state index in [9.17, 15) is 4.79 Å². The first-order chi connectivity index (χ1) is 20.5. The summed E-state index contributed by atoms with van der Waals surface area (Å²) in [5.41, 5.74) is 2.36. The van der Waals surface area contributed by atoms with Crippen molar-refractivity contribution in [3.63, 3.8) is 0 Å². The molecule has 0 spiro atoms. The number of rotatable bonds is 12. The zero-order valence-corrected chi connectivity index (χ0v) is 31.6. The molecule has 0 heterocycles. The van der Waals surface area contributed by atoms with E-state index in [2.05, 4.69) is 74.6 Å². The van der Waals surface area contributed by atoms with Gasteiger partial charge < -0.3 is 18.6 Å². The zero-order chi connectivity index (χ0) is 32.7. The molecule has 0 aromatic heterocycles. The second-order valence-electron chi connectivity index (χ2n) is 17.5. The SMILES string of the molecule is CCOC(=O)[C@@H](C[C@H](OCOC)C(C)[C@H]1CC[C@H]2[C@@H]3CC=C4C[C@@H](O[Si](C)(C)C(C)(C)C)CC[C@]4(C)[C@H]3CC[C@]12C)C(C)C. The molecule has 0 aliphatic heterocycles. The Kier molecular flexibility index (Phi) is 11.3. The summed E-state index contributed by atoms with van der Waals surface area (Å²) in [5, 5.41) is 0.256. The molecule has 0 radical (unpaired) electrons. The third-order valence-corrected chi connectivity index (χ3v) is 18.4. The van der Waals surface area contributed by atoms with E-state index in [0.29, 0.717) is 41.8 Å². The van der Waals surface area contributed by atoms with Gasteiger partial charge in [0.2, 0.25) is 0 Å². The van der Waals surface area contributed by atoms with Crippen molar-refractivity contribution in [2.45, 2.75) is 150 Å². The van der Waals surface area contributed by atoms with Crippen molar-refractivity contribution >= 4 is 14.3 Å². The third-order valence-electron chi connectivity index (χ3n) is 13.9. The Morgan fingerprint density at radius 1 is 1.05 bits per heavy atom. The Labute approximate surface area is 272 Å². The lowest BCUT2D eigenvalue weighted by molar-refractivity contribution is -0.156. The molecule has 4 aliphatic rings. The minimum Gasteiger partial charge on any atom is -0.466 e. The van der Waals surface area contributed by atoms with E-state index in [1.807, 2.05) is 6.92 Å². The van der Waals surface area contributed by atoms with Gasteiger partial charge in [0.25, 0.3) is 0 Å². The smallest absolute Gasteiger partial charge is 0.309 e. The molecule has 6 heteroatoms. The highest BCUT2D eigenvalue weighted by atomic mass is 28.4. The number of hydrogen-bond acceptors (Lipinski definition) is 5. The van der Waals surface area contributed by atoms with Crippen molar-refractivity contribution in [3.8, 4) is 0 Å². The number of allylic oxidation sites excluding steroid dienone is 1. The second kappa shape index (κ2) is 13.8. The molecule has 0 saturated heterocycles. The maximum atomic E-state index is 12.9. The van der Waals surface area contributed by atoms with E-state index in [1.165, 1.54) is 44.9 Å². The highest BCUT2D eigenvalue weighted by Crippen LogP contribution is 2.67. The summed E-state index contributed by atoms with van der Waals surface area (Å²) in [4.78, 5) is 12.9. The fraction of sp³-hybridized carbons (Fsp3) is 0.921. The van der Waals surface area contributed by atoms with Crippen LogP contribution in [0.2, 0.25) is 18.1 Å². The van der Waals surface area contributed by atoms with Crippen LogP contribution in [0.4, 0.5) is 0 Å². The molecule has 4 rings (SSSR count). The van der Waals surface area contributed by atoms with E-state index in [0.717, 1.165) is 24.2 Å². The molecule has 1 unspecified atom stereocenters. The first kappa shape index (κ1) is 36.1. The summed E-state index contributed by atoms with van der Waals surface area (Å²) in [5.74, 6) is 3.26. The van der Waals surface area contributed by atoms with Gasteiger partial charge >= 0.3 is 5.97 Å². The molecule has 0 bridgehead atoms. The fourth-order valence-electron chi connectivity index (χ4n) is 10.2. The zero-order valence-electron chi connectivity index (χ0n) is 30.6. The molecule has 0 N–H and O–H groups in total. The lowest BCUT2D eigenvalue weighted by Crippen LogP contribution is -2.52. The molecule has 3 saturated carbocycles. The first-order valence-corrected chi connectivity index (χ1v) is 21.1. The molecule has 4 aliphatic carbocycles. The van der Waals surface area contributed by atoms with Crippen LogP contribution in [0.15, 0.2) is 11.6 Å². The molecular formula is C38H68O5Si. The van der Waals surface area contributed by atoms with E-state index in [-0.39, 0.29) is 35.7 Å². The van der Waals surface area contributed by atoms with Crippen LogP contribution in [-0.2, 0) is 23.4 Å². The quantitative estimate of drug-likeness (QED) is 0.0928. The molecule has 5 nitrogen and oxygen atoms in total. The Bertz CT molecular complexity index is 1020. The number of hydrogen-bond donors (Lipinski definition) is 0. The van der Waals surface area contributed by atoms with E-state index in [1.54, 1.807) is 12.7 Å². The summed E-state index contributed by atoms with van der Waals surface area (Å²) in [6, 6.07) is 0. The largest absolute Gasteiger partial charge is 0.466 e. The van der Waals surface area contributed by atoms with Crippen LogP contribution in [0, 0.1) is 52.3 Å². The highest BCUT2D eigenvalue weighted by molar-refractivity contribution is 6.74. The Balaban J connectivity index is 1.50. The van der Waals surface area contributed by atoms with Gasteiger partial charge in [0.1, 0.15) is 6.79 Å². The minimum atomic E-state index is -1.77. The van der Waals surface area contributed by atoms with Gasteiger partial charge in [-0.3, -0.25) is 4.79 Å². The summed E-state index contributed by atoms with van der Waals surface area (Å²) in [7, 11) is -0.0763. The number of esters is 1. The van der Waals surface area contributed by atoms with Crippen molar-refractivity contribution in [1.29, 1.82) is 0 Å². The number of methoxy groups -OCH3 is 1. The predicted molar refractivity (Wildman–Crippen MR) is 183 cm³/mol. The van der Waals surface area contributed by atoms with Crippen LogP contribution < -0.4 is 0 Å². The molecule has 0 aromatic carbocycles. The average molecular weight is 633 g/mol. The van der Waals surface area contributed by atoms with Gasteiger partial charge in [-0.15, -0.1) is 0 Å². The van der Waals surface area contributed by atoms with Crippen LogP contribution in [0.1, 0.15) is 120 Å². The van der Waals surface area contributed by atoms with Crippen LogP contribution in [0.25, 0.3) is 0 Å². The maximum absolute atomic E-state index is 12.9. The fourth-order valence-corrected chi connectivity index (χ4v) is 11.6. The molecule has 0 amide bonds.